The predicted octanol–water partition coefficient (Wildman–Crippen LogP) is 4.37. The summed E-state index contributed by atoms with van der Waals surface area (Å²) in [6.07, 6.45) is 0. The summed E-state index contributed by atoms with van der Waals surface area (Å²) in [5.74, 6) is 1.70. The van der Waals surface area contributed by atoms with Crippen molar-refractivity contribution in [3.05, 3.63) is 51.3 Å². The number of thiazole rings is 1. The molecule has 7 nitrogen and oxygen atoms in total. The molecule has 2 aromatic heterocycles. The summed E-state index contributed by atoms with van der Waals surface area (Å²) in [6, 6.07) is 7.34. The Balaban J connectivity index is 0.00000280. The number of guanidine groups is 1. The molecule has 0 fully saturated rings. The van der Waals surface area contributed by atoms with E-state index in [1.807, 2.05) is 37.9 Å². The second kappa shape index (κ2) is 10.7. The molecule has 0 aliphatic heterocycles. The highest BCUT2D eigenvalue weighted by Gasteiger charge is 2.11. The first kappa shape index (κ1) is 22.6. The first-order valence-corrected chi connectivity index (χ1v) is 9.80. The SMILES string of the molecule is CCNC(=NCc1nc(-c2cccc(Cl)c2)no1)N(C)Cc1csc(C)n1.I. The lowest BCUT2D eigenvalue weighted by Gasteiger charge is -2.20. The number of hydrogen-bond acceptors (Lipinski definition) is 6. The number of halogens is 2. The molecule has 0 aliphatic rings. The number of nitrogens with one attached hydrogen (secondary N) is 1. The van der Waals surface area contributed by atoms with Gasteiger partial charge in [-0.15, -0.1) is 35.3 Å². The zero-order valence-corrected chi connectivity index (χ0v) is 19.7. The molecule has 0 amide bonds. The Morgan fingerprint density at radius 1 is 1.36 bits per heavy atom. The standard InChI is InChI=1S/C18H21ClN6OS.HI/c1-4-20-18(25(3)10-15-11-27-12(2)22-15)21-9-16-23-17(24-26-16)13-6-5-7-14(19)8-13;/h5-8,11H,4,9-10H2,1-3H3,(H,20,21);1H. The molecule has 0 spiro atoms. The van der Waals surface area contributed by atoms with E-state index in [0.29, 0.717) is 23.3 Å². The van der Waals surface area contributed by atoms with E-state index in [2.05, 4.69) is 30.8 Å². The van der Waals surface area contributed by atoms with Gasteiger partial charge in [0.2, 0.25) is 11.7 Å². The summed E-state index contributed by atoms with van der Waals surface area (Å²) in [5.41, 5.74) is 1.83. The molecule has 0 atom stereocenters. The summed E-state index contributed by atoms with van der Waals surface area (Å²) < 4.78 is 5.32. The van der Waals surface area contributed by atoms with Crippen LogP contribution < -0.4 is 5.32 Å². The first-order valence-electron chi connectivity index (χ1n) is 8.54. The normalized spacial score (nSPS) is 11.2. The Hall–Kier alpha value is -1.72. The van der Waals surface area contributed by atoms with E-state index in [9.17, 15) is 0 Å². The Labute approximate surface area is 190 Å². The molecular formula is C18H22ClIN6OS. The lowest BCUT2D eigenvalue weighted by molar-refractivity contribution is 0.379. The molecule has 1 aromatic carbocycles. The highest BCUT2D eigenvalue weighted by atomic mass is 127. The van der Waals surface area contributed by atoms with Crippen molar-refractivity contribution in [2.24, 2.45) is 4.99 Å². The number of rotatable bonds is 6. The van der Waals surface area contributed by atoms with Gasteiger partial charge in [-0.3, -0.25) is 0 Å². The molecule has 0 radical (unpaired) electrons. The summed E-state index contributed by atoms with van der Waals surface area (Å²) in [5, 5.41) is 11.0. The molecule has 10 heteroatoms. The molecule has 0 unspecified atom stereocenters. The minimum atomic E-state index is 0. The Morgan fingerprint density at radius 2 is 2.18 bits per heavy atom. The maximum absolute atomic E-state index is 6.02. The van der Waals surface area contributed by atoms with Crippen LogP contribution in [0.2, 0.25) is 5.02 Å². The van der Waals surface area contributed by atoms with Crippen LogP contribution in [0.25, 0.3) is 11.4 Å². The second-order valence-electron chi connectivity index (χ2n) is 5.91. The van der Waals surface area contributed by atoms with E-state index in [-0.39, 0.29) is 30.5 Å². The summed E-state index contributed by atoms with van der Waals surface area (Å²) in [6.45, 7) is 5.75. The van der Waals surface area contributed by atoms with Gasteiger partial charge in [-0.05, 0) is 26.0 Å². The van der Waals surface area contributed by atoms with E-state index in [1.54, 1.807) is 23.5 Å². The average molecular weight is 533 g/mol. The molecule has 1 N–H and O–H groups in total. The van der Waals surface area contributed by atoms with Crippen LogP contribution in [0, 0.1) is 6.92 Å². The summed E-state index contributed by atoms with van der Waals surface area (Å²) in [4.78, 5) is 15.5. The number of benzene rings is 1. The molecule has 0 bridgehead atoms. The highest BCUT2D eigenvalue weighted by Crippen LogP contribution is 2.20. The summed E-state index contributed by atoms with van der Waals surface area (Å²) >= 11 is 7.66. The molecule has 3 rings (SSSR count). The van der Waals surface area contributed by atoms with Crippen molar-refractivity contribution in [2.75, 3.05) is 13.6 Å². The van der Waals surface area contributed by atoms with Crippen LogP contribution in [0.3, 0.4) is 0 Å². The van der Waals surface area contributed by atoms with E-state index < -0.39 is 0 Å². The molecular weight excluding hydrogens is 511 g/mol. The van der Waals surface area contributed by atoms with Gasteiger partial charge in [0.15, 0.2) is 5.96 Å². The van der Waals surface area contributed by atoms with Crippen LogP contribution in [0.5, 0.6) is 0 Å². The number of nitrogens with zero attached hydrogens (tertiary/aromatic N) is 5. The fourth-order valence-corrected chi connectivity index (χ4v) is 3.27. The smallest absolute Gasteiger partial charge is 0.248 e. The quantitative estimate of drug-likeness (QED) is 0.289. The first-order chi connectivity index (χ1) is 13.0. The van der Waals surface area contributed by atoms with Crippen LogP contribution in [0.4, 0.5) is 0 Å². The van der Waals surface area contributed by atoms with Gasteiger partial charge < -0.3 is 14.7 Å². The fraction of sp³-hybridized carbons (Fsp3) is 0.333. The topological polar surface area (TPSA) is 79.4 Å². The third kappa shape index (κ3) is 6.14. The molecule has 2 heterocycles. The van der Waals surface area contributed by atoms with Crippen LogP contribution in [0.1, 0.15) is 23.5 Å². The van der Waals surface area contributed by atoms with Gasteiger partial charge in [0.1, 0.15) is 6.54 Å². The van der Waals surface area contributed by atoms with Crippen molar-refractivity contribution < 1.29 is 4.52 Å². The van der Waals surface area contributed by atoms with E-state index in [4.69, 9.17) is 16.1 Å². The number of aryl methyl sites for hydroxylation is 1. The maximum Gasteiger partial charge on any atom is 0.248 e. The zero-order valence-electron chi connectivity index (χ0n) is 15.8. The Bertz CT molecular complexity index is 928. The minimum absolute atomic E-state index is 0. The largest absolute Gasteiger partial charge is 0.357 e. The molecule has 0 saturated carbocycles. The van der Waals surface area contributed by atoms with Crippen LogP contribution >= 0.6 is 46.9 Å². The minimum Gasteiger partial charge on any atom is -0.357 e. The molecule has 0 saturated heterocycles. The van der Waals surface area contributed by atoms with Crippen LogP contribution in [-0.4, -0.2) is 39.6 Å². The monoisotopic (exact) mass is 532 g/mol. The highest BCUT2D eigenvalue weighted by molar-refractivity contribution is 14.0. The Kier molecular flexibility index (Phi) is 8.64. The van der Waals surface area contributed by atoms with Gasteiger partial charge in [0.05, 0.1) is 17.2 Å². The molecule has 150 valence electrons. The molecule has 3 aromatic rings. The van der Waals surface area contributed by atoms with E-state index in [0.717, 1.165) is 28.8 Å². The van der Waals surface area contributed by atoms with Gasteiger partial charge in [-0.2, -0.15) is 4.98 Å². The lowest BCUT2D eigenvalue weighted by Crippen LogP contribution is -2.38. The van der Waals surface area contributed by atoms with Crippen LogP contribution in [0.15, 0.2) is 39.2 Å². The molecule has 0 aliphatic carbocycles. The second-order valence-corrected chi connectivity index (χ2v) is 7.40. The lowest BCUT2D eigenvalue weighted by atomic mass is 10.2. The van der Waals surface area contributed by atoms with Gasteiger partial charge in [-0.25, -0.2) is 9.98 Å². The van der Waals surface area contributed by atoms with Crippen molar-refractivity contribution in [2.45, 2.75) is 26.9 Å². The van der Waals surface area contributed by atoms with Crippen molar-refractivity contribution in [1.29, 1.82) is 0 Å². The van der Waals surface area contributed by atoms with E-state index in [1.165, 1.54) is 0 Å². The third-order valence-corrected chi connectivity index (χ3v) is 4.73. The van der Waals surface area contributed by atoms with Gasteiger partial charge >= 0.3 is 0 Å². The average Bonchev–Trinajstić information content (AvgIpc) is 3.27. The predicted molar refractivity (Wildman–Crippen MR) is 123 cm³/mol. The number of aliphatic imine (C=N–C) groups is 1. The summed E-state index contributed by atoms with van der Waals surface area (Å²) in [7, 11) is 1.97. The fourth-order valence-electron chi connectivity index (χ4n) is 2.47. The molecule has 28 heavy (non-hydrogen) atoms. The Morgan fingerprint density at radius 3 is 2.86 bits per heavy atom. The number of hydrogen-bond donors (Lipinski definition) is 1. The van der Waals surface area contributed by atoms with Gasteiger partial charge in [0.25, 0.3) is 0 Å². The zero-order chi connectivity index (χ0) is 19.2. The van der Waals surface area contributed by atoms with E-state index >= 15 is 0 Å². The van der Waals surface area contributed by atoms with Crippen molar-refractivity contribution in [1.82, 2.24) is 25.3 Å². The van der Waals surface area contributed by atoms with Crippen molar-refractivity contribution in [3.63, 3.8) is 0 Å². The van der Waals surface area contributed by atoms with Crippen molar-refractivity contribution >= 4 is 52.9 Å². The van der Waals surface area contributed by atoms with Crippen LogP contribution in [-0.2, 0) is 13.1 Å². The van der Waals surface area contributed by atoms with Gasteiger partial charge in [0, 0.05) is 29.6 Å². The third-order valence-electron chi connectivity index (χ3n) is 3.68. The van der Waals surface area contributed by atoms with Crippen molar-refractivity contribution in [3.8, 4) is 11.4 Å². The maximum atomic E-state index is 6.02. The number of aromatic nitrogens is 3. The van der Waals surface area contributed by atoms with Gasteiger partial charge in [-0.1, -0.05) is 28.9 Å².